The predicted molar refractivity (Wildman–Crippen MR) is 100 cm³/mol. The van der Waals surface area contributed by atoms with Gasteiger partial charge in [-0.15, -0.1) is 23.2 Å². The summed E-state index contributed by atoms with van der Waals surface area (Å²) in [5.41, 5.74) is -0.692. The second-order valence-electron chi connectivity index (χ2n) is 7.12. The van der Waals surface area contributed by atoms with Gasteiger partial charge in [-0.2, -0.15) is 4.31 Å². The number of nitro groups is 1. The third kappa shape index (κ3) is 3.41. The van der Waals surface area contributed by atoms with Crippen molar-refractivity contribution in [2.24, 2.45) is 5.41 Å². The lowest BCUT2D eigenvalue weighted by molar-refractivity contribution is -0.385. The first kappa shape index (κ1) is 20.3. The zero-order valence-corrected chi connectivity index (χ0v) is 17.1. The van der Waals surface area contributed by atoms with Crippen LogP contribution in [-0.4, -0.2) is 59.0 Å². The van der Waals surface area contributed by atoms with Crippen LogP contribution in [0, 0.1) is 22.5 Å². The van der Waals surface area contributed by atoms with Crippen LogP contribution in [0.25, 0.3) is 0 Å². The highest BCUT2D eigenvalue weighted by Gasteiger charge is 2.68. The first-order valence-corrected chi connectivity index (χ1v) is 10.5. The molecule has 3 rings (SSSR count). The molecule has 0 spiro atoms. The lowest BCUT2D eigenvalue weighted by Gasteiger charge is -2.35. The van der Waals surface area contributed by atoms with E-state index in [0.717, 1.165) is 6.07 Å². The number of alkyl halides is 2. The molecule has 1 saturated carbocycles. The number of hydrogen-bond acceptors (Lipinski definition) is 5. The topological polar surface area (TPSA) is 101 Å². The standard InChI is InChI=1S/C16H19Cl2N3O5S/c1-11-3-4-12(21(23)24)9-13(11)27(25,26)20-7-5-19(6-8-20)14(22)15(2)10-16(15,17)18/h3-4,9H,5-8,10H2,1-2H3. The Bertz CT molecular complexity index is 913. The number of nitrogens with zero attached hydrogens (tertiary/aromatic N) is 3. The summed E-state index contributed by atoms with van der Waals surface area (Å²) in [5.74, 6) is -0.184. The van der Waals surface area contributed by atoms with Crippen LogP contribution >= 0.6 is 23.2 Å². The van der Waals surface area contributed by atoms with E-state index in [9.17, 15) is 23.3 Å². The first-order chi connectivity index (χ1) is 12.4. The van der Waals surface area contributed by atoms with Gasteiger partial charge in [0.1, 0.15) is 4.33 Å². The molecule has 1 saturated heterocycles. The van der Waals surface area contributed by atoms with E-state index in [-0.39, 0.29) is 42.7 Å². The minimum Gasteiger partial charge on any atom is -0.339 e. The van der Waals surface area contributed by atoms with Crippen molar-refractivity contribution in [3.8, 4) is 0 Å². The number of carbonyl (C=O) groups excluding carboxylic acids is 1. The monoisotopic (exact) mass is 435 g/mol. The number of piperazine rings is 1. The van der Waals surface area contributed by atoms with Crippen LogP contribution in [0.5, 0.6) is 0 Å². The maximum atomic E-state index is 12.9. The van der Waals surface area contributed by atoms with Gasteiger partial charge in [0.05, 0.1) is 15.2 Å². The number of halogens is 2. The molecule has 11 heteroatoms. The smallest absolute Gasteiger partial charge is 0.270 e. The van der Waals surface area contributed by atoms with Crippen molar-refractivity contribution in [3.05, 3.63) is 33.9 Å². The number of non-ortho nitro benzene ring substituents is 1. The van der Waals surface area contributed by atoms with Gasteiger partial charge < -0.3 is 4.90 Å². The lowest BCUT2D eigenvalue weighted by Crippen LogP contribution is -2.52. The number of benzene rings is 1. The minimum atomic E-state index is -3.90. The molecular formula is C16H19Cl2N3O5S. The third-order valence-electron chi connectivity index (χ3n) is 5.26. The Morgan fingerprint density at radius 2 is 1.78 bits per heavy atom. The van der Waals surface area contributed by atoms with Gasteiger partial charge in [0.15, 0.2) is 0 Å². The maximum absolute atomic E-state index is 12.9. The highest BCUT2D eigenvalue weighted by Crippen LogP contribution is 2.64. The first-order valence-electron chi connectivity index (χ1n) is 8.32. The molecule has 8 nitrogen and oxygen atoms in total. The summed E-state index contributed by atoms with van der Waals surface area (Å²) in [6.45, 7) is 3.92. The number of aryl methyl sites for hydroxylation is 1. The van der Waals surface area contributed by atoms with E-state index in [1.54, 1.807) is 18.7 Å². The number of nitro benzene ring substituents is 1. The number of carbonyl (C=O) groups is 1. The van der Waals surface area contributed by atoms with E-state index >= 15 is 0 Å². The van der Waals surface area contributed by atoms with Crippen LogP contribution < -0.4 is 0 Å². The summed E-state index contributed by atoms with van der Waals surface area (Å²) in [6, 6.07) is 3.76. The molecule has 1 atom stereocenters. The molecule has 2 fully saturated rings. The zero-order valence-electron chi connectivity index (χ0n) is 14.8. The summed E-state index contributed by atoms with van der Waals surface area (Å²) in [4.78, 5) is 24.4. The van der Waals surface area contributed by atoms with Gasteiger partial charge in [0, 0.05) is 38.3 Å². The number of sulfonamides is 1. The largest absolute Gasteiger partial charge is 0.339 e. The molecule has 1 unspecified atom stereocenters. The van der Waals surface area contributed by atoms with Crippen LogP contribution in [0.4, 0.5) is 5.69 Å². The van der Waals surface area contributed by atoms with Crippen LogP contribution in [0.3, 0.4) is 0 Å². The van der Waals surface area contributed by atoms with Gasteiger partial charge >= 0.3 is 0 Å². The Balaban J connectivity index is 1.75. The highest BCUT2D eigenvalue weighted by molar-refractivity contribution is 7.89. The average molecular weight is 436 g/mol. The Hall–Kier alpha value is -1.42. The normalized spacial score (nSPS) is 25.3. The molecule has 1 aromatic rings. The Morgan fingerprint density at radius 1 is 1.22 bits per heavy atom. The van der Waals surface area contributed by atoms with Gasteiger partial charge in [-0.05, 0) is 25.8 Å². The quantitative estimate of drug-likeness (QED) is 0.410. The van der Waals surface area contributed by atoms with E-state index in [1.165, 1.54) is 16.4 Å². The molecule has 2 aliphatic rings. The lowest BCUT2D eigenvalue weighted by atomic mass is 10.1. The van der Waals surface area contributed by atoms with Gasteiger partial charge in [-0.1, -0.05) is 6.07 Å². The summed E-state index contributed by atoms with van der Waals surface area (Å²) in [7, 11) is -3.90. The molecule has 1 aliphatic carbocycles. The van der Waals surface area contributed by atoms with Gasteiger partial charge in [-0.3, -0.25) is 14.9 Å². The second kappa shape index (κ2) is 6.58. The summed E-state index contributed by atoms with van der Waals surface area (Å²) in [6.07, 6.45) is 0.368. The average Bonchev–Trinajstić information content (AvgIpc) is 3.13. The molecular weight excluding hydrogens is 417 g/mol. The molecule has 1 aliphatic heterocycles. The molecule has 148 valence electrons. The van der Waals surface area contributed by atoms with Crippen LogP contribution in [0.15, 0.2) is 23.1 Å². The fourth-order valence-corrected chi connectivity index (χ4v) is 5.59. The van der Waals surface area contributed by atoms with Crippen molar-refractivity contribution < 1.29 is 18.1 Å². The van der Waals surface area contributed by atoms with E-state index in [0.29, 0.717) is 12.0 Å². The van der Waals surface area contributed by atoms with E-state index < -0.39 is 24.7 Å². The fraction of sp³-hybridized carbons (Fsp3) is 0.562. The second-order valence-corrected chi connectivity index (χ2v) is 10.5. The Morgan fingerprint density at radius 3 is 2.26 bits per heavy atom. The molecule has 0 radical (unpaired) electrons. The Labute approximate surface area is 167 Å². The summed E-state index contributed by atoms with van der Waals surface area (Å²) >= 11 is 12.1. The SMILES string of the molecule is Cc1ccc([N+](=O)[O-])cc1S(=O)(=O)N1CCN(C(=O)C2(C)CC2(Cl)Cl)CC1. The van der Waals surface area contributed by atoms with Crippen molar-refractivity contribution >= 4 is 44.8 Å². The molecule has 27 heavy (non-hydrogen) atoms. The Kier molecular flexibility index (Phi) is 4.95. The van der Waals surface area contributed by atoms with Crippen LogP contribution in [0.1, 0.15) is 18.9 Å². The van der Waals surface area contributed by atoms with Gasteiger partial charge in [0.2, 0.25) is 15.9 Å². The molecule has 1 amide bonds. The van der Waals surface area contributed by atoms with Crippen LogP contribution in [-0.2, 0) is 14.8 Å². The van der Waals surface area contributed by atoms with E-state index in [4.69, 9.17) is 23.2 Å². The van der Waals surface area contributed by atoms with Gasteiger partial charge in [0.25, 0.3) is 5.69 Å². The van der Waals surface area contributed by atoms with Gasteiger partial charge in [-0.25, -0.2) is 8.42 Å². The number of amides is 1. The zero-order chi connectivity index (χ0) is 20.2. The third-order valence-corrected chi connectivity index (χ3v) is 8.40. The van der Waals surface area contributed by atoms with Crippen LogP contribution in [0.2, 0.25) is 0 Å². The molecule has 0 bridgehead atoms. The number of rotatable bonds is 4. The molecule has 0 N–H and O–H groups in total. The molecule has 1 aromatic carbocycles. The van der Waals surface area contributed by atoms with Crippen molar-refractivity contribution in [2.45, 2.75) is 29.5 Å². The van der Waals surface area contributed by atoms with E-state index in [1.807, 2.05) is 0 Å². The molecule has 1 heterocycles. The highest BCUT2D eigenvalue weighted by atomic mass is 35.5. The minimum absolute atomic E-state index is 0.0915. The summed E-state index contributed by atoms with van der Waals surface area (Å²) < 4.78 is 26.0. The van der Waals surface area contributed by atoms with E-state index in [2.05, 4.69) is 0 Å². The number of hydrogen-bond donors (Lipinski definition) is 0. The maximum Gasteiger partial charge on any atom is 0.270 e. The fourth-order valence-electron chi connectivity index (χ4n) is 3.23. The van der Waals surface area contributed by atoms with Crippen molar-refractivity contribution in [2.75, 3.05) is 26.2 Å². The predicted octanol–water partition coefficient (Wildman–Crippen LogP) is 2.32. The molecule has 0 aromatic heterocycles. The van der Waals surface area contributed by atoms with Crippen molar-refractivity contribution in [1.82, 2.24) is 9.21 Å². The summed E-state index contributed by atoms with van der Waals surface area (Å²) in [5, 5.41) is 11.0. The van der Waals surface area contributed by atoms with Crippen molar-refractivity contribution in [1.29, 1.82) is 0 Å². The van der Waals surface area contributed by atoms with Crippen molar-refractivity contribution in [3.63, 3.8) is 0 Å².